The Balaban J connectivity index is 2.02. The first kappa shape index (κ1) is 18.7. The molecular formula is C16H15F2N7OS. The molecule has 8 nitrogen and oxygen atoms in total. The standard InChI is InChI=1S/C16H15F2N7OS/c1-8-21-14(27-25-8)10-7-20-13(22-9(2)26)6-11(10)23-12-4-5-19-15(24-12)16(3,17)18/h4-7H,1-3H3,(H2,19,20,22,23,24,26). The van der Waals surface area contributed by atoms with Gasteiger partial charge in [0, 0.05) is 32.3 Å². The molecule has 0 saturated heterocycles. The van der Waals surface area contributed by atoms with Gasteiger partial charge in [-0.2, -0.15) is 13.2 Å². The third kappa shape index (κ3) is 4.56. The third-order valence-electron chi connectivity index (χ3n) is 3.28. The highest BCUT2D eigenvalue weighted by Crippen LogP contribution is 2.33. The number of nitrogens with one attached hydrogen (secondary N) is 2. The molecule has 3 heterocycles. The maximum absolute atomic E-state index is 13.5. The summed E-state index contributed by atoms with van der Waals surface area (Å²) in [7, 11) is 0. The van der Waals surface area contributed by atoms with Crippen LogP contribution in [0.15, 0.2) is 24.5 Å². The zero-order chi connectivity index (χ0) is 19.6. The highest BCUT2D eigenvalue weighted by molar-refractivity contribution is 7.09. The number of aromatic nitrogens is 5. The van der Waals surface area contributed by atoms with Gasteiger partial charge in [-0.25, -0.2) is 19.9 Å². The maximum Gasteiger partial charge on any atom is 0.303 e. The average molecular weight is 391 g/mol. The number of pyridine rings is 1. The van der Waals surface area contributed by atoms with Crippen LogP contribution in [0.1, 0.15) is 25.5 Å². The molecule has 2 N–H and O–H groups in total. The van der Waals surface area contributed by atoms with Gasteiger partial charge in [-0.1, -0.05) is 0 Å². The molecule has 0 bridgehead atoms. The Hall–Kier alpha value is -3.08. The van der Waals surface area contributed by atoms with Crippen molar-refractivity contribution in [2.24, 2.45) is 0 Å². The molecule has 11 heteroatoms. The second-order valence-electron chi connectivity index (χ2n) is 5.72. The predicted molar refractivity (Wildman–Crippen MR) is 97.1 cm³/mol. The summed E-state index contributed by atoms with van der Waals surface area (Å²) in [4.78, 5) is 27.3. The molecular weight excluding hydrogens is 376 g/mol. The van der Waals surface area contributed by atoms with E-state index in [2.05, 4.69) is 34.9 Å². The Morgan fingerprint density at radius 3 is 2.63 bits per heavy atom. The van der Waals surface area contributed by atoms with E-state index in [1.165, 1.54) is 36.9 Å². The summed E-state index contributed by atoms with van der Waals surface area (Å²) >= 11 is 1.17. The van der Waals surface area contributed by atoms with Gasteiger partial charge in [-0.05, 0) is 24.5 Å². The van der Waals surface area contributed by atoms with Crippen LogP contribution in [-0.2, 0) is 10.7 Å². The SMILES string of the molecule is CC(=O)Nc1cc(Nc2ccnc(C(C)(F)F)n2)c(-c2nc(C)ns2)cn1. The maximum atomic E-state index is 13.5. The second-order valence-corrected chi connectivity index (χ2v) is 6.47. The molecule has 140 valence electrons. The summed E-state index contributed by atoms with van der Waals surface area (Å²) in [5.41, 5.74) is 1.08. The van der Waals surface area contributed by atoms with Gasteiger partial charge in [0.25, 0.3) is 0 Å². The molecule has 3 aromatic heterocycles. The van der Waals surface area contributed by atoms with Crippen LogP contribution in [0, 0.1) is 6.92 Å². The lowest BCUT2D eigenvalue weighted by Gasteiger charge is -2.13. The Morgan fingerprint density at radius 2 is 2.00 bits per heavy atom. The summed E-state index contributed by atoms with van der Waals surface area (Å²) in [6, 6.07) is 3.03. The number of nitrogens with zero attached hydrogens (tertiary/aromatic N) is 5. The number of carbonyl (C=O) groups excluding carboxylic acids is 1. The number of carbonyl (C=O) groups is 1. The number of rotatable bonds is 5. The first-order valence-corrected chi connectivity index (χ1v) is 8.56. The largest absolute Gasteiger partial charge is 0.339 e. The Labute approximate surface area is 157 Å². The minimum Gasteiger partial charge on any atom is -0.339 e. The van der Waals surface area contributed by atoms with E-state index in [9.17, 15) is 13.6 Å². The van der Waals surface area contributed by atoms with Crippen molar-refractivity contribution in [3.05, 3.63) is 36.2 Å². The number of amides is 1. The van der Waals surface area contributed by atoms with Gasteiger partial charge in [0.15, 0.2) is 0 Å². The van der Waals surface area contributed by atoms with Crippen LogP contribution in [0.2, 0.25) is 0 Å². The van der Waals surface area contributed by atoms with E-state index in [0.717, 1.165) is 6.92 Å². The summed E-state index contributed by atoms with van der Waals surface area (Å²) in [6.45, 7) is 3.84. The van der Waals surface area contributed by atoms with Crippen molar-refractivity contribution in [2.45, 2.75) is 26.7 Å². The minimum absolute atomic E-state index is 0.170. The van der Waals surface area contributed by atoms with Gasteiger partial charge in [-0.15, -0.1) is 0 Å². The lowest BCUT2D eigenvalue weighted by atomic mass is 10.2. The molecule has 0 aliphatic rings. The lowest BCUT2D eigenvalue weighted by molar-refractivity contribution is -0.114. The van der Waals surface area contributed by atoms with Gasteiger partial charge in [0.05, 0.1) is 11.3 Å². The van der Waals surface area contributed by atoms with Crippen molar-refractivity contribution in [2.75, 3.05) is 10.6 Å². The van der Waals surface area contributed by atoms with E-state index < -0.39 is 11.7 Å². The Morgan fingerprint density at radius 1 is 1.22 bits per heavy atom. The molecule has 1 amide bonds. The molecule has 0 fully saturated rings. The van der Waals surface area contributed by atoms with Crippen LogP contribution < -0.4 is 10.6 Å². The van der Waals surface area contributed by atoms with Crippen LogP contribution >= 0.6 is 11.5 Å². The lowest BCUT2D eigenvalue weighted by Crippen LogP contribution is -2.13. The van der Waals surface area contributed by atoms with Gasteiger partial charge in [0.2, 0.25) is 11.7 Å². The van der Waals surface area contributed by atoms with E-state index in [0.29, 0.717) is 27.9 Å². The van der Waals surface area contributed by atoms with Crippen molar-refractivity contribution in [1.29, 1.82) is 0 Å². The zero-order valence-electron chi connectivity index (χ0n) is 14.6. The number of halogens is 2. The summed E-state index contributed by atoms with van der Waals surface area (Å²) in [6.07, 6.45) is 2.76. The zero-order valence-corrected chi connectivity index (χ0v) is 15.4. The van der Waals surface area contributed by atoms with Crippen LogP contribution in [0.25, 0.3) is 10.6 Å². The van der Waals surface area contributed by atoms with Crippen molar-refractivity contribution >= 4 is 34.8 Å². The molecule has 3 rings (SSSR count). The van der Waals surface area contributed by atoms with E-state index in [1.807, 2.05) is 0 Å². The van der Waals surface area contributed by atoms with Crippen molar-refractivity contribution < 1.29 is 13.6 Å². The molecule has 3 aromatic rings. The Kier molecular flexibility index (Phi) is 5.04. The number of hydrogen-bond acceptors (Lipinski definition) is 8. The fourth-order valence-electron chi connectivity index (χ4n) is 2.16. The van der Waals surface area contributed by atoms with Crippen LogP contribution in [0.5, 0.6) is 0 Å². The normalized spacial score (nSPS) is 11.3. The van der Waals surface area contributed by atoms with Crippen LogP contribution in [0.4, 0.5) is 26.1 Å². The molecule has 0 spiro atoms. The number of anilines is 3. The van der Waals surface area contributed by atoms with E-state index >= 15 is 0 Å². The molecule has 0 saturated carbocycles. The first-order valence-electron chi connectivity index (χ1n) is 7.79. The Bertz CT molecular complexity index is 987. The van der Waals surface area contributed by atoms with Crippen molar-refractivity contribution in [3.8, 4) is 10.6 Å². The van der Waals surface area contributed by atoms with Crippen LogP contribution in [-0.4, -0.2) is 30.2 Å². The molecule has 0 aromatic carbocycles. The van der Waals surface area contributed by atoms with Gasteiger partial charge in [0.1, 0.15) is 22.5 Å². The van der Waals surface area contributed by atoms with Crippen LogP contribution in [0.3, 0.4) is 0 Å². The van der Waals surface area contributed by atoms with Crippen molar-refractivity contribution in [3.63, 3.8) is 0 Å². The van der Waals surface area contributed by atoms with Crippen molar-refractivity contribution in [1.82, 2.24) is 24.3 Å². The number of alkyl halides is 2. The summed E-state index contributed by atoms with van der Waals surface area (Å²) in [5.74, 6) is -2.99. The molecule has 27 heavy (non-hydrogen) atoms. The monoisotopic (exact) mass is 391 g/mol. The quantitative estimate of drug-likeness (QED) is 0.685. The summed E-state index contributed by atoms with van der Waals surface area (Å²) < 4.78 is 31.1. The number of aryl methyl sites for hydroxylation is 1. The van der Waals surface area contributed by atoms with Gasteiger partial charge < -0.3 is 10.6 Å². The fraction of sp³-hybridized carbons (Fsp3) is 0.250. The number of hydrogen-bond donors (Lipinski definition) is 2. The van der Waals surface area contributed by atoms with Gasteiger partial charge >= 0.3 is 5.92 Å². The van der Waals surface area contributed by atoms with E-state index in [4.69, 9.17) is 0 Å². The average Bonchev–Trinajstić information content (AvgIpc) is 3.00. The second kappa shape index (κ2) is 7.27. The fourth-order valence-corrected chi connectivity index (χ4v) is 2.86. The highest BCUT2D eigenvalue weighted by atomic mass is 32.1. The topological polar surface area (TPSA) is 106 Å². The molecule has 0 aliphatic carbocycles. The first-order chi connectivity index (χ1) is 12.7. The molecule has 0 radical (unpaired) electrons. The highest BCUT2D eigenvalue weighted by Gasteiger charge is 2.28. The summed E-state index contributed by atoms with van der Waals surface area (Å²) in [5, 5.41) is 6.13. The van der Waals surface area contributed by atoms with Gasteiger partial charge in [-0.3, -0.25) is 4.79 Å². The molecule has 0 atom stereocenters. The third-order valence-corrected chi connectivity index (χ3v) is 4.12. The molecule has 0 aliphatic heterocycles. The van der Waals surface area contributed by atoms with E-state index in [1.54, 1.807) is 13.0 Å². The smallest absolute Gasteiger partial charge is 0.303 e. The molecule has 0 unspecified atom stereocenters. The minimum atomic E-state index is -3.17. The predicted octanol–water partition coefficient (Wildman–Crippen LogP) is 3.51. The van der Waals surface area contributed by atoms with E-state index in [-0.39, 0.29) is 11.7 Å².